The van der Waals surface area contributed by atoms with E-state index in [1.807, 2.05) is 41.5 Å². The van der Waals surface area contributed by atoms with E-state index in [2.05, 4.69) is 45.6 Å². The molecule has 6 heteroatoms. The average Bonchev–Trinajstić information content (AvgIpc) is 3.36. The van der Waals surface area contributed by atoms with Crippen LogP contribution in [0, 0.1) is 5.92 Å². The van der Waals surface area contributed by atoms with Crippen molar-refractivity contribution in [2.45, 2.75) is 26.0 Å². The number of hydrogen-bond donors (Lipinski definition) is 1. The molecule has 1 N–H and O–H groups in total. The van der Waals surface area contributed by atoms with Crippen molar-refractivity contribution < 1.29 is 4.74 Å². The number of aryl methyl sites for hydroxylation is 1. The zero-order chi connectivity index (χ0) is 17.8. The molecule has 3 heterocycles. The van der Waals surface area contributed by atoms with E-state index < -0.39 is 0 Å². The lowest BCUT2D eigenvalue weighted by Crippen LogP contribution is -2.18. The van der Waals surface area contributed by atoms with Gasteiger partial charge in [-0.15, -0.1) is 0 Å². The van der Waals surface area contributed by atoms with E-state index in [9.17, 15) is 0 Å². The van der Waals surface area contributed by atoms with Gasteiger partial charge in [0.2, 0.25) is 5.95 Å². The molecule has 0 amide bonds. The number of rotatable bonds is 6. The Labute approximate surface area is 153 Å². The van der Waals surface area contributed by atoms with Gasteiger partial charge in [0.15, 0.2) is 0 Å². The minimum atomic E-state index is 0.0893. The van der Waals surface area contributed by atoms with Gasteiger partial charge in [0.1, 0.15) is 0 Å². The number of nitrogens with zero attached hydrogens (tertiary/aromatic N) is 4. The van der Waals surface area contributed by atoms with Crippen molar-refractivity contribution >= 4 is 5.95 Å². The van der Waals surface area contributed by atoms with E-state index in [4.69, 9.17) is 4.74 Å². The number of ether oxygens (including phenoxy) is 1. The standard InChI is InChI=1S/C20H23N5O/c1-2-25-14-18(13-24-25)19-16(8-9-26-19)10-21-20-22-11-17(12-23-20)15-6-4-3-5-7-15/h3-7,11-14,16,19H,2,8-10H2,1H3,(H,21,22,23)/t16-,19+/m0/s1. The lowest BCUT2D eigenvalue weighted by molar-refractivity contribution is 0.0932. The van der Waals surface area contributed by atoms with Crippen molar-refractivity contribution in [3.8, 4) is 11.1 Å². The van der Waals surface area contributed by atoms with Crippen molar-refractivity contribution in [2.24, 2.45) is 5.92 Å². The normalized spacial score (nSPS) is 19.6. The summed E-state index contributed by atoms with van der Waals surface area (Å²) in [6.07, 6.45) is 8.83. The quantitative estimate of drug-likeness (QED) is 0.737. The molecule has 3 aromatic rings. The number of benzene rings is 1. The Morgan fingerprint density at radius 2 is 1.92 bits per heavy atom. The number of aromatic nitrogens is 4. The van der Waals surface area contributed by atoms with Gasteiger partial charge >= 0.3 is 0 Å². The highest BCUT2D eigenvalue weighted by atomic mass is 16.5. The summed E-state index contributed by atoms with van der Waals surface area (Å²) < 4.78 is 7.88. The van der Waals surface area contributed by atoms with E-state index in [1.54, 1.807) is 0 Å². The van der Waals surface area contributed by atoms with E-state index in [1.165, 1.54) is 0 Å². The van der Waals surface area contributed by atoms with Crippen molar-refractivity contribution in [3.63, 3.8) is 0 Å². The lowest BCUT2D eigenvalue weighted by atomic mass is 9.97. The zero-order valence-corrected chi connectivity index (χ0v) is 14.9. The van der Waals surface area contributed by atoms with Gasteiger partial charge in [-0.3, -0.25) is 4.68 Å². The minimum absolute atomic E-state index is 0.0893. The number of hydrogen-bond acceptors (Lipinski definition) is 5. The Morgan fingerprint density at radius 3 is 2.65 bits per heavy atom. The third-order valence-electron chi connectivity index (χ3n) is 4.80. The predicted molar refractivity (Wildman–Crippen MR) is 101 cm³/mol. The van der Waals surface area contributed by atoms with Crippen LogP contribution in [0.2, 0.25) is 0 Å². The second-order valence-corrected chi connectivity index (χ2v) is 6.51. The molecule has 1 aliphatic rings. The molecule has 0 radical (unpaired) electrons. The van der Waals surface area contributed by atoms with Crippen molar-refractivity contribution in [3.05, 3.63) is 60.7 Å². The molecule has 26 heavy (non-hydrogen) atoms. The van der Waals surface area contributed by atoms with Crippen LogP contribution in [0.1, 0.15) is 25.0 Å². The van der Waals surface area contributed by atoms with Crippen LogP contribution in [0.15, 0.2) is 55.1 Å². The van der Waals surface area contributed by atoms with Crippen molar-refractivity contribution in [1.29, 1.82) is 0 Å². The molecule has 0 unspecified atom stereocenters. The molecule has 1 fully saturated rings. The van der Waals surface area contributed by atoms with Crippen LogP contribution in [-0.2, 0) is 11.3 Å². The first-order valence-electron chi connectivity index (χ1n) is 9.09. The highest BCUT2D eigenvalue weighted by Crippen LogP contribution is 2.34. The van der Waals surface area contributed by atoms with Crippen LogP contribution in [-0.4, -0.2) is 32.9 Å². The van der Waals surface area contributed by atoms with Gasteiger partial charge in [-0.2, -0.15) is 5.10 Å². The number of anilines is 1. The van der Waals surface area contributed by atoms with Crippen LogP contribution >= 0.6 is 0 Å². The van der Waals surface area contributed by atoms with E-state index in [0.29, 0.717) is 11.9 Å². The maximum atomic E-state index is 5.94. The SMILES string of the molecule is CCn1cc([C@@H]2OCC[C@H]2CNc2ncc(-c3ccccc3)cn2)cn1. The first-order valence-corrected chi connectivity index (χ1v) is 9.09. The monoisotopic (exact) mass is 349 g/mol. The first kappa shape index (κ1) is 16.7. The predicted octanol–water partition coefficient (Wildman–Crippen LogP) is 3.55. The van der Waals surface area contributed by atoms with E-state index in [-0.39, 0.29) is 6.10 Å². The maximum absolute atomic E-state index is 5.94. The Hall–Kier alpha value is -2.73. The molecule has 1 aromatic carbocycles. The van der Waals surface area contributed by atoms with Gasteiger partial charge < -0.3 is 10.1 Å². The Balaban J connectivity index is 1.38. The van der Waals surface area contributed by atoms with E-state index >= 15 is 0 Å². The largest absolute Gasteiger partial charge is 0.373 e. The summed E-state index contributed by atoms with van der Waals surface area (Å²) in [4.78, 5) is 8.90. The van der Waals surface area contributed by atoms with Gasteiger partial charge in [0.25, 0.3) is 0 Å². The Morgan fingerprint density at radius 1 is 1.12 bits per heavy atom. The van der Waals surface area contributed by atoms with Gasteiger partial charge in [-0.1, -0.05) is 30.3 Å². The summed E-state index contributed by atoms with van der Waals surface area (Å²) in [6, 6.07) is 10.2. The van der Waals surface area contributed by atoms with Crippen LogP contribution in [0.25, 0.3) is 11.1 Å². The van der Waals surface area contributed by atoms with Gasteiger partial charge in [-0.25, -0.2) is 9.97 Å². The first-order chi connectivity index (χ1) is 12.8. The molecule has 2 atom stereocenters. The molecule has 0 spiro atoms. The Kier molecular flexibility index (Phi) is 4.93. The summed E-state index contributed by atoms with van der Waals surface area (Å²) in [6.45, 7) is 4.52. The highest BCUT2D eigenvalue weighted by Gasteiger charge is 2.30. The fraction of sp³-hybridized carbons (Fsp3) is 0.350. The van der Waals surface area contributed by atoms with Crippen molar-refractivity contribution in [2.75, 3.05) is 18.5 Å². The molecule has 0 bridgehead atoms. The fourth-order valence-electron chi connectivity index (χ4n) is 3.33. The molecular formula is C20H23N5O. The van der Waals surface area contributed by atoms with Crippen molar-refractivity contribution in [1.82, 2.24) is 19.7 Å². The molecule has 1 aliphatic heterocycles. The summed E-state index contributed by atoms with van der Waals surface area (Å²) in [7, 11) is 0. The summed E-state index contributed by atoms with van der Waals surface area (Å²) >= 11 is 0. The van der Waals surface area contributed by atoms with Gasteiger partial charge in [-0.05, 0) is 18.9 Å². The highest BCUT2D eigenvalue weighted by molar-refractivity contribution is 5.61. The third kappa shape index (κ3) is 3.60. The van der Waals surface area contributed by atoms with Crippen LogP contribution in [0.4, 0.5) is 5.95 Å². The molecule has 2 aromatic heterocycles. The topological polar surface area (TPSA) is 64.9 Å². The molecule has 0 saturated carbocycles. The zero-order valence-electron chi connectivity index (χ0n) is 14.9. The molecule has 0 aliphatic carbocycles. The second kappa shape index (κ2) is 7.66. The van der Waals surface area contributed by atoms with Crippen LogP contribution < -0.4 is 5.32 Å². The van der Waals surface area contributed by atoms with Crippen LogP contribution in [0.5, 0.6) is 0 Å². The average molecular weight is 349 g/mol. The molecular weight excluding hydrogens is 326 g/mol. The lowest BCUT2D eigenvalue weighted by Gasteiger charge is -2.17. The summed E-state index contributed by atoms with van der Waals surface area (Å²) in [5.41, 5.74) is 3.29. The van der Waals surface area contributed by atoms with Gasteiger partial charge in [0, 0.05) is 55.3 Å². The molecule has 1 saturated heterocycles. The number of nitrogens with one attached hydrogen (secondary N) is 1. The fourth-order valence-corrected chi connectivity index (χ4v) is 3.33. The third-order valence-corrected chi connectivity index (χ3v) is 4.80. The molecule has 4 rings (SSSR count). The minimum Gasteiger partial charge on any atom is -0.373 e. The summed E-state index contributed by atoms with van der Waals surface area (Å²) in [5, 5.41) is 7.72. The smallest absolute Gasteiger partial charge is 0.222 e. The second-order valence-electron chi connectivity index (χ2n) is 6.51. The van der Waals surface area contributed by atoms with E-state index in [0.717, 1.165) is 42.8 Å². The molecule has 134 valence electrons. The molecule has 6 nitrogen and oxygen atoms in total. The summed E-state index contributed by atoms with van der Waals surface area (Å²) in [5.74, 6) is 1.04. The maximum Gasteiger partial charge on any atom is 0.222 e. The van der Waals surface area contributed by atoms with Gasteiger partial charge in [0.05, 0.1) is 12.3 Å². The Bertz CT molecular complexity index is 831. The van der Waals surface area contributed by atoms with Crippen LogP contribution in [0.3, 0.4) is 0 Å².